The van der Waals surface area contributed by atoms with Crippen molar-refractivity contribution in [3.8, 4) is 0 Å². The van der Waals surface area contributed by atoms with Crippen LogP contribution >= 0.6 is 0 Å². The van der Waals surface area contributed by atoms with Gasteiger partial charge < -0.3 is 19.9 Å². The summed E-state index contributed by atoms with van der Waals surface area (Å²) in [5, 5.41) is 3.60. The van der Waals surface area contributed by atoms with Gasteiger partial charge in [0.05, 0.1) is 18.8 Å². The highest BCUT2D eigenvalue weighted by atomic mass is 16.5. The Bertz CT molecular complexity index is 1060. The van der Waals surface area contributed by atoms with E-state index in [0.717, 1.165) is 48.7 Å². The van der Waals surface area contributed by atoms with Gasteiger partial charge in [0.15, 0.2) is 0 Å². The second kappa shape index (κ2) is 8.44. The largest absolute Gasteiger partial charge is 0.378 e. The molecular formula is C26H27N3O2. The summed E-state index contributed by atoms with van der Waals surface area (Å²) in [6.45, 7) is 5.98. The third kappa shape index (κ3) is 4.01. The molecule has 31 heavy (non-hydrogen) atoms. The minimum atomic E-state index is -0.220. The maximum absolute atomic E-state index is 13.4. The number of fused-ring (bicyclic) bond motifs is 1. The first-order valence-corrected chi connectivity index (χ1v) is 10.8. The summed E-state index contributed by atoms with van der Waals surface area (Å²) in [5.41, 5.74) is 6.21. The lowest BCUT2D eigenvalue weighted by Crippen LogP contribution is -2.42. The van der Waals surface area contributed by atoms with E-state index in [0.29, 0.717) is 6.54 Å². The lowest BCUT2D eigenvalue weighted by atomic mass is 10.0. The van der Waals surface area contributed by atoms with Crippen molar-refractivity contribution in [1.29, 1.82) is 0 Å². The average molecular weight is 414 g/mol. The second-order valence-electron chi connectivity index (χ2n) is 8.20. The highest BCUT2D eigenvalue weighted by Crippen LogP contribution is 2.34. The predicted molar refractivity (Wildman–Crippen MR) is 123 cm³/mol. The van der Waals surface area contributed by atoms with E-state index in [-0.39, 0.29) is 12.1 Å². The number of nitrogens with one attached hydrogen (secondary N) is 1. The van der Waals surface area contributed by atoms with Gasteiger partial charge in [-0.25, -0.2) is 0 Å². The number of rotatable bonds is 4. The van der Waals surface area contributed by atoms with Crippen LogP contribution in [0.15, 0.2) is 72.8 Å². The van der Waals surface area contributed by atoms with Gasteiger partial charge in [-0.3, -0.25) is 4.79 Å². The van der Waals surface area contributed by atoms with E-state index in [9.17, 15) is 4.79 Å². The fourth-order valence-electron chi connectivity index (χ4n) is 4.30. The van der Waals surface area contributed by atoms with E-state index in [4.69, 9.17) is 4.74 Å². The zero-order chi connectivity index (χ0) is 21.2. The summed E-state index contributed by atoms with van der Waals surface area (Å²) in [7, 11) is 0. The van der Waals surface area contributed by atoms with Crippen molar-refractivity contribution in [3.63, 3.8) is 0 Å². The molecule has 0 aromatic heterocycles. The molecule has 0 bridgehead atoms. The van der Waals surface area contributed by atoms with Crippen molar-refractivity contribution in [3.05, 3.63) is 95.1 Å². The van der Waals surface area contributed by atoms with Crippen LogP contribution in [0.1, 0.15) is 33.2 Å². The van der Waals surface area contributed by atoms with Gasteiger partial charge in [-0.05, 0) is 42.3 Å². The molecule has 0 aliphatic carbocycles. The number of nitrogens with zero attached hydrogens (tertiary/aromatic N) is 2. The molecule has 2 aliphatic rings. The van der Waals surface area contributed by atoms with Gasteiger partial charge in [0.1, 0.15) is 6.17 Å². The fraction of sp³-hybridized carbons (Fsp3) is 0.269. The minimum absolute atomic E-state index is 0.0529. The van der Waals surface area contributed by atoms with Crippen LogP contribution in [0.25, 0.3) is 0 Å². The highest BCUT2D eigenvalue weighted by molar-refractivity contribution is 6.01. The third-order valence-electron chi connectivity index (χ3n) is 6.08. The first-order chi connectivity index (χ1) is 15.2. The van der Waals surface area contributed by atoms with E-state index < -0.39 is 0 Å². The maximum atomic E-state index is 13.4. The Kier molecular flexibility index (Phi) is 5.35. The first kappa shape index (κ1) is 19.6. The molecule has 2 heterocycles. The van der Waals surface area contributed by atoms with E-state index in [1.54, 1.807) is 0 Å². The molecule has 0 saturated carbocycles. The van der Waals surface area contributed by atoms with Gasteiger partial charge in [-0.1, -0.05) is 54.1 Å². The Morgan fingerprint density at radius 2 is 1.65 bits per heavy atom. The van der Waals surface area contributed by atoms with Crippen molar-refractivity contribution in [2.24, 2.45) is 0 Å². The molecule has 2 aliphatic heterocycles. The number of amides is 1. The number of hydrogen-bond donors (Lipinski definition) is 1. The first-order valence-electron chi connectivity index (χ1n) is 10.8. The van der Waals surface area contributed by atoms with Crippen LogP contribution in [0.2, 0.25) is 0 Å². The van der Waals surface area contributed by atoms with Crippen LogP contribution < -0.4 is 10.2 Å². The van der Waals surface area contributed by atoms with Crippen LogP contribution in [-0.4, -0.2) is 37.1 Å². The van der Waals surface area contributed by atoms with Gasteiger partial charge in [-0.15, -0.1) is 0 Å². The van der Waals surface area contributed by atoms with E-state index >= 15 is 0 Å². The zero-order valence-corrected chi connectivity index (χ0v) is 17.8. The number of carbonyl (C=O) groups is 1. The molecule has 1 N–H and O–H groups in total. The lowest BCUT2D eigenvalue weighted by molar-refractivity contribution is 0.0666. The fourth-order valence-corrected chi connectivity index (χ4v) is 4.30. The molecule has 158 valence electrons. The number of benzene rings is 3. The molecule has 1 amide bonds. The van der Waals surface area contributed by atoms with Gasteiger partial charge in [0.2, 0.25) is 0 Å². The normalized spacial score (nSPS) is 18.5. The van der Waals surface area contributed by atoms with Crippen molar-refractivity contribution in [1.82, 2.24) is 4.90 Å². The molecule has 5 heteroatoms. The topological polar surface area (TPSA) is 44.8 Å². The van der Waals surface area contributed by atoms with Gasteiger partial charge in [0.25, 0.3) is 5.91 Å². The Morgan fingerprint density at radius 1 is 0.935 bits per heavy atom. The second-order valence-corrected chi connectivity index (χ2v) is 8.20. The van der Waals surface area contributed by atoms with Crippen molar-refractivity contribution in [2.45, 2.75) is 19.6 Å². The highest BCUT2D eigenvalue weighted by Gasteiger charge is 2.32. The molecule has 1 atom stereocenters. The zero-order valence-electron chi connectivity index (χ0n) is 17.8. The molecule has 3 aromatic rings. The number of aryl methyl sites for hydroxylation is 1. The molecule has 0 radical (unpaired) electrons. The molecule has 1 fully saturated rings. The van der Waals surface area contributed by atoms with Gasteiger partial charge >= 0.3 is 0 Å². The summed E-state index contributed by atoms with van der Waals surface area (Å²) in [6, 6.07) is 24.7. The molecule has 1 saturated heterocycles. The smallest absolute Gasteiger partial charge is 0.258 e. The minimum Gasteiger partial charge on any atom is -0.378 e. The van der Waals surface area contributed by atoms with E-state index in [1.165, 1.54) is 11.3 Å². The lowest BCUT2D eigenvalue weighted by Gasteiger charge is -2.38. The number of morpholine rings is 1. The quantitative estimate of drug-likeness (QED) is 0.679. The summed E-state index contributed by atoms with van der Waals surface area (Å²) in [5.74, 6) is 0.0529. The average Bonchev–Trinajstić information content (AvgIpc) is 2.83. The third-order valence-corrected chi connectivity index (χ3v) is 6.08. The van der Waals surface area contributed by atoms with E-state index in [2.05, 4.69) is 65.7 Å². The summed E-state index contributed by atoms with van der Waals surface area (Å²) in [4.78, 5) is 17.7. The van der Waals surface area contributed by atoms with Gasteiger partial charge in [-0.2, -0.15) is 0 Å². The Hall–Kier alpha value is -3.31. The summed E-state index contributed by atoms with van der Waals surface area (Å²) in [6.07, 6.45) is -0.220. The molecular weight excluding hydrogens is 386 g/mol. The van der Waals surface area contributed by atoms with Crippen molar-refractivity contribution < 1.29 is 9.53 Å². The Labute approximate surface area is 183 Å². The van der Waals surface area contributed by atoms with Crippen LogP contribution in [0, 0.1) is 6.92 Å². The van der Waals surface area contributed by atoms with E-state index in [1.807, 2.05) is 29.2 Å². The molecule has 5 nitrogen and oxygen atoms in total. The predicted octanol–water partition coefficient (Wildman–Crippen LogP) is 4.60. The maximum Gasteiger partial charge on any atom is 0.258 e. The Morgan fingerprint density at radius 3 is 2.39 bits per heavy atom. The molecule has 0 spiro atoms. The number of anilines is 2. The van der Waals surface area contributed by atoms with Crippen LogP contribution in [-0.2, 0) is 11.3 Å². The molecule has 0 unspecified atom stereocenters. The van der Waals surface area contributed by atoms with Crippen LogP contribution in [0.3, 0.4) is 0 Å². The number of carbonyl (C=O) groups excluding carboxylic acids is 1. The van der Waals surface area contributed by atoms with Crippen LogP contribution in [0.4, 0.5) is 11.4 Å². The van der Waals surface area contributed by atoms with Crippen molar-refractivity contribution in [2.75, 3.05) is 36.5 Å². The summed E-state index contributed by atoms with van der Waals surface area (Å²) >= 11 is 0. The number of ether oxygens (including phenoxy) is 1. The SMILES string of the molecule is Cc1ccc(CN2C(=O)c3ccccc3N[C@H]2c2ccc(N3CCOCC3)cc2)cc1. The van der Waals surface area contributed by atoms with Crippen molar-refractivity contribution >= 4 is 17.3 Å². The monoisotopic (exact) mass is 413 g/mol. The van der Waals surface area contributed by atoms with Crippen LogP contribution in [0.5, 0.6) is 0 Å². The molecule has 5 rings (SSSR count). The number of hydrogen-bond acceptors (Lipinski definition) is 4. The standard InChI is InChI=1S/C26H27N3O2/c1-19-6-8-20(9-7-19)18-29-25(27-24-5-3-2-4-23(24)26(29)30)21-10-12-22(13-11-21)28-14-16-31-17-15-28/h2-13,25,27H,14-18H2,1H3/t25-/m1/s1. The molecule has 3 aromatic carbocycles. The number of para-hydroxylation sites is 1. The summed E-state index contributed by atoms with van der Waals surface area (Å²) < 4.78 is 5.47. The van der Waals surface area contributed by atoms with Gasteiger partial charge in [0, 0.05) is 31.0 Å². The Balaban J connectivity index is 1.46.